The zero-order chi connectivity index (χ0) is 64.7. The average molecular weight is 1270 g/mol. The Hall–Kier alpha value is -1.38. The van der Waals surface area contributed by atoms with Crippen molar-refractivity contribution in [2.24, 2.45) is 45.3 Å². The van der Waals surface area contributed by atoms with E-state index in [0.29, 0.717) is 18.8 Å². The molecule has 0 aromatic rings. The summed E-state index contributed by atoms with van der Waals surface area (Å²) in [5.74, 6) is 0.828. The third-order valence-electron chi connectivity index (χ3n) is 22.8. The van der Waals surface area contributed by atoms with E-state index in [4.69, 9.17) is 47.4 Å². The second-order valence-electron chi connectivity index (χ2n) is 28.6. The van der Waals surface area contributed by atoms with Gasteiger partial charge in [0.1, 0.15) is 122 Å². The van der Waals surface area contributed by atoms with Crippen molar-refractivity contribution in [2.75, 3.05) is 33.0 Å². The van der Waals surface area contributed by atoms with Gasteiger partial charge in [0.2, 0.25) is 0 Å². The van der Waals surface area contributed by atoms with Crippen molar-refractivity contribution in [3.05, 3.63) is 11.6 Å². The summed E-state index contributed by atoms with van der Waals surface area (Å²) in [6.45, 7) is 13.2. The number of rotatable bonds is 20. The van der Waals surface area contributed by atoms with Crippen LogP contribution in [0.3, 0.4) is 0 Å². The summed E-state index contributed by atoms with van der Waals surface area (Å²) < 4.78 is 59.7. The molecule has 0 bridgehead atoms. The number of ether oxygens (including phenoxy) is 10. The van der Waals surface area contributed by atoms with Crippen molar-refractivity contribution in [2.45, 2.75) is 285 Å². The van der Waals surface area contributed by atoms with Gasteiger partial charge in [0.25, 0.3) is 0 Å². The normalized spacial score (nSPS) is 51.4. The van der Waals surface area contributed by atoms with Gasteiger partial charge in [0.15, 0.2) is 31.5 Å². The molecule has 2 unspecified atom stereocenters. The summed E-state index contributed by atoms with van der Waals surface area (Å²) in [7, 11) is 0. The number of hydrogen-bond donors (Lipinski definition) is 18. The van der Waals surface area contributed by atoms with Crippen LogP contribution in [-0.4, -0.2) is 296 Å². The lowest BCUT2D eigenvalue weighted by Gasteiger charge is -2.66. The van der Waals surface area contributed by atoms with Crippen molar-refractivity contribution < 1.29 is 139 Å². The SMILES string of the molecule is C[C@H](CC[C@@H](O[C@@H]1O[C@H](CO[C@@H]2O[C@H](CO)[C@@H](O)[C@H](O)[C@H]2O)[C@@H](O)[C@H](O)[C@H]1O[C@@H]1O[C@H](CO)[C@@H](O)[C@H](O)[C@H]1O)C(C)(C)O)[C@H]1CC[C@@]2(C)C3CC=C4C(CC[C@H](O[C@@H]5O[C@H](CO)[C@@H](O[C@@H]6O[C@H](CO)[C@@H](O)[C@H](O)[C@H]6O)[C@H](O)[C@H]5O)C4(C)C)[C@]3(C)CC[C@]12C. The molecule has 3 saturated carbocycles. The molecule has 9 aliphatic rings. The van der Waals surface area contributed by atoms with E-state index in [9.17, 15) is 91.9 Å². The first-order valence-electron chi connectivity index (χ1n) is 31.5. The quantitative estimate of drug-likeness (QED) is 0.0512. The van der Waals surface area contributed by atoms with Crippen molar-refractivity contribution in [3.63, 3.8) is 0 Å². The fourth-order valence-corrected chi connectivity index (χ4v) is 17.1. The molecule has 0 radical (unpaired) electrons. The molecule has 0 spiro atoms. The highest BCUT2D eigenvalue weighted by atomic mass is 16.8. The topological polar surface area (TPSA) is 456 Å². The summed E-state index contributed by atoms with van der Waals surface area (Å²) in [6.07, 6.45) is -33.8. The third-order valence-corrected chi connectivity index (χ3v) is 22.8. The zero-order valence-electron chi connectivity index (χ0n) is 51.5. The highest BCUT2D eigenvalue weighted by Crippen LogP contribution is 2.75. The lowest BCUT2D eigenvalue weighted by molar-refractivity contribution is -0.380. The fourth-order valence-electron chi connectivity index (χ4n) is 17.1. The van der Waals surface area contributed by atoms with Crippen molar-refractivity contribution in [1.82, 2.24) is 0 Å². The first-order chi connectivity index (χ1) is 41.2. The van der Waals surface area contributed by atoms with Gasteiger partial charge in [-0.3, -0.25) is 0 Å². The molecule has 9 rings (SSSR count). The summed E-state index contributed by atoms with van der Waals surface area (Å²) in [4.78, 5) is 0. The lowest BCUT2D eigenvalue weighted by Crippen LogP contribution is -2.65. The molecule has 28 nitrogen and oxygen atoms in total. The van der Waals surface area contributed by atoms with Crippen LogP contribution < -0.4 is 0 Å². The predicted molar refractivity (Wildman–Crippen MR) is 299 cm³/mol. The molecule has 5 saturated heterocycles. The van der Waals surface area contributed by atoms with E-state index in [0.717, 1.165) is 38.5 Å². The van der Waals surface area contributed by atoms with Crippen LogP contribution in [0, 0.1) is 45.3 Å². The molecule has 18 N–H and O–H groups in total. The van der Waals surface area contributed by atoms with E-state index in [2.05, 4.69) is 47.6 Å². The van der Waals surface area contributed by atoms with Crippen molar-refractivity contribution >= 4 is 0 Å². The third kappa shape index (κ3) is 12.8. The van der Waals surface area contributed by atoms with Crippen LogP contribution in [0.2, 0.25) is 0 Å². The average Bonchev–Trinajstić information content (AvgIpc) is 1.34. The second-order valence-corrected chi connectivity index (χ2v) is 28.6. The molecule has 0 aromatic heterocycles. The van der Waals surface area contributed by atoms with Gasteiger partial charge in [-0.15, -0.1) is 0 Å². The first kappa shape index (κ1) is 70.9. The largest absolute Gasteiger partial charge is 0.394 e. The Morgan fingerprint density at radius 1 is 0.500 bits per heavy atom. The van der Waals surface area contributed by atoms with Crippen molar-refractivity contribution in [1.29, 1.82) is 0 Å². The summed E-state index contributed by atoms with van der Waals surface area (Å²) in [5, 5.41) is 193. The molecular formula is C60H102O28. The van der Waals surface area contributed by atoms with E-state index >= 15 is 0 Å². The minimum absolute atomic E-state index is 0.0854. The van der Waals surface area contributed by atoms with Gasteiger partial charge in [0, 0.05) is 5.41 Å². The highest BCUT2D eigenvalue weighted by molar-refractivity contribution is 5.30. The standard InChI is InChI=1S/C60H102O28/c1-24(9-13-35(57(4,5)78)86-55-50(88-54-47(76)42(71)38(67)30(21-63)82-54)43(72)39(68)32(84-55)23-79-51-45(74)40(69)36(65)28(19-61)80-51)25-15-16-60(8)33-12-10-26-27(58(33,6)17-18-59(25,60)7)11-14-34(56(26,2)3)85-52-48(77)44(73)49(31(22-64)83-52)87-53-46(75)41(70)37(66)29(20-62)81-53/h10,24-25,27-55,61-78H,9,11-23H2,1-8H3/t24-,25-,27?,28-,29-,30-,31-,32-,33?,34+,35-,36-,37-,38-,39-,40+,41+,42+,43+,44-,45-,46-,47-,48-,49-,50-,51-,52+,53+,54+,55+,58+,59-,60+/m1/s1. The molecule has 8 fully saturated rings. The van der Waals surface area contributed by atoms with Crippen LogP contribution in [0.1, 0.15) is 113 Å². The molecule has 28 heteroatoms. The Labute approximate surface area is 512 Å². The van der Waals surface area contributed by atoms with Crippen LogP contribution >= 0.6 is 0 Å². The second kappa shape index (κ2) is 27.4. The molecule has 5 aliphatic heterocycles. The molecule has 5 heterocycles. The maximum atomic E-state index is 11.8. The van der Waals surface area contributed by atoms with Crippen molar-refractivity contribution in [3.8, 4) is 0 Å². The maximum Gasteiger partial charge on any atom is 0.187 e. The number of aliphatic hydroxyl groups is 18. The van der Waals surface area contributed by atoms with E-state index in [1.807, 2.05) is 0 Å². The van der Waals surface area contributed by atoms with E-state index < -0.39 is 210 Å². The van der Waals surface area contributed by atoms with E-state index in [1.165, 1.54) is 5.57 Å². The summed E-state index contributed by atoms with van der Waals surface area (Å²) in [6, 6.07) is 0. The van der Waals surface area contributed by atoms with Gasteiger partial charge in [-0.1, -0.05) is 53.2 Å². The molecule has 88 heavy (non-hydrogen) atoms. The molecule has 4 aliphatic carbocycles. The Bertz CT molecular complexity index is 2310. The van der Waals surface area contributed by atoms with Gasteiger partial charge in [-0.2, -0.15) is 0 Å². The molecule has 34 atom stereocenters. The number of fused-ring (bicyclic) bond motifs is 5. The highest BCUT2D eigenvalue weighted by Gasteiger charge is 2.68. The Morgan fingerprint density at radius 2 is 0.966 bits per heavy atom. The molecule has 0 amide bonds. The van der Waals surface area contributed by atoms with Gasteiger partial charge >= 0.3 is 0 Å². The predicted octanol–water partition coefficient (Wildman–Crippen LogP) is -4.38. The number of allylic oxidation sites excluding steroid dienone is 1. The number of hydrogen-bond acceptors (Lipinski definition) is 28. The van der Waals surface area contributed by atoms with Crippen LogP contribution in [-0.2, 0) is 47.4 Å². The van der Waals surface area contributed by atoms with Gasteiger partial charge < -0.3 is 139 Å². The minimum atomic E-state index is -1.93. The van der Waals surface area contributed by atoms with E-state index in [1.54, 1.807) is 13.8 Å². The zero-order valence-corrected chi connectivity index (χ0v) is 51.5. The van der Waals surface area contributed by atoms with Gasteiger partial charge in [-0.25, -0.2) is 0 Å². The molecule has 510 valence electrons. The van der Waals surface area contributed by atoms with Gasteiger partial charge in [0.05, 0.1) is 50.8 Å². The maximum absolute atomic E-state index is 11.8. The van der Waals surface area contributed by atoms with Gasteiger partial charge in [-0.05, 0) is 112 Å². The Morgan fingerprint density at radius 3 is 1.51 bits per heavy atom. The Kier molecular flexibility index (Phi) is 22.1. The van der Waals surface area contributed by atoms with Crippen LogP contribution in [0.4, 0.5) is 0 Å². The lowest BCUT2D eigenvalue weighted by atomic mass is 9.39. The fraction of sp³-hybridized carbons (Fsp3) is 0.967. The molecular weight excluding hydrogens is 1170 g/mol. The summed E-state index contributed by atoms with van der Waals surface area (Å²) >= 11 is 0. The smallest absolute Gasteiger partial charge is 0.187 e. The molecule has 0 aromatic carbocycles. The first-order valence-corrected chi connectivity index (χ1v) is 31.5. The van der Waals surface area contributed by atoms with Crippen LogP contribution in [0.25, 0.3) is 0 Å². The minimum Gasteiger partial charge on any atom is -0.394 e. The van der Waals surface area contributed by atoms with Crippen LogP contribution in [0.15, 0.2) is 11.6 Å². The monoisotopic (exact) mass is 1270 g/mol. The van der Waals surface area contributed by atoms with Crippen LogP contribution in [0.5, 0.6) is 0 Å². The van der Waals surface area contributed by atoms with E-state index in [-0.39, 0.29) is 40.4 Å². The number of aliphatic hydroxyl groups excluding tert-OH is 17. The summed E-state index contributed by atoms with van der Waals surface area (Å²) in [5.41, 5.74) is -1.21. The Balaban J connectivity index is 0.872.